The maximum atomic E-state index is 12.9. The van der Waals surface area contributed by atoms with Crippen LogP contribution in [0.25, 0.3) is 0 Å². The Balaban J connectivity index is 0.000000180. The van der Waals surface area contributed by atoms with Gasteiger partial charge >= 0.3 is 0 Å². The molecule has 0 bridgehead atoms. The first kappa shape index (κ1) is 89.6. The molecule has 0 atom stereocenters. The van der Waals surface area contributed by atoms with Gasteiger partial charge in [-0.2, -0.15) is 10.8 Å². The van der Waals surface area contributed by atoms with Crippen LogP contribution in [0.5, 0.6) is 0 Å². The molecule has 1 aliphatic rings. The van der Waals surface area contributed by atoms with Gasteiger partial charge in [-0.25, -0.2) is 19.9 Å². The van der Waals surface area contributed by atoms with Crippen LogP contribution in [0.2, 0.25) is 0 Å². The predicted molar refractivity (Wildman–Crippen MR) is 474 cm³/mol. The van der Waals surface area contributed by atoms with Crippen LogP contribution in [-0.4, -0.2) is 108 Å². The van der Waals surface area contributed by atoms with Crippen LogP contribution in [0.1, 0.15) is 154 Å². The van der Waals surface area contributed by atoms with E-state index in [1.165, 1.54) is 0 Å². The van der Waals surface area contributed by atoms with E-state index in [9.17, 15) is 38.4 Å². The molecule has 119 heavy (non-hydrogen) atoms. The third kappa shape index (κ3) is 26.6. The highest BCUT2D eigenvalue weighted by molar-refractivity contribution is 9.11. The third-order valence-electron chi connectivity index (χ3n) is 18.1. The monoisotopic (exact) mass is 1840 g/mol. The number of ketones is 4. The molecule has 0 radical (unpaired) electrons. The fraction of sp³-hybridized carbons (Fsp3) is 0.111. The minimum absolute atomic E-state index is 0.0571. The van der Waals surface area contributed by atoms with Gasteiger partial charge in [0.25, 0.3) is 23.6 Å². The number of nitroso groups, excluding NO2 is 1. The molecule has 12 aromatic rings. The van der Waals surface area contributed by atoms with Gasteiger partial charge in [0.2, 0.25) is 5.90 Å². The molecule has 11 N–H and O–H groups in total. The lowest BCUT2D eigenvalue weighted by molar-refractivity contribution is 0.0980. The number of nitrogens with zero attached hydrogens (tertiary/aromatic N) is 5. The first-order chi connectivity index (χ1) is 57.4. The summed E-state index contributed by atoms with van der Waals surface area (Å²) in [5, 5.41) is 42.2. The highest BCUT2D eigenvalue weighted by atomic mass is 79.9. The van der Waals surface area contributed by atoms with Crippen molar-refractivity contribution >= 4 is 157 Å². The second kappa shape index (κ2) is 44.7. The molecular weight excluding hydrogens is 1770 g/mol. The summed E-state index contributed by atoms with van der Waals surface area (Å²) in [6.45, 7) is 5.22. The third-order valence-corrected chi connectivity index (χ3v) is 20.0. The van der Waals surface area contributed by atoms with Gasteiger partial charge in [0.05, 0.1) is 0 Å². The van der Waals surface area contributed by atoms with Crippen molar-refractivity contribution in [1.82, 2.24) is 24.8 Å². The predicted octanol–water partition coefficient (Wildman–Crippen LogP) is 18.8. The van der Waals surface area contributed by atoms with Crippen molar-refractivity contribution in [2.75, 3.05) is 34.4 Å². The number of likely N-dealkylation sites (tertiary alicyclic amines) is 1. The lowest BCUT2D eigenvalue weighted by atomic mass is 9.97. The number of benzene rings is 8. The number of pyridine rings is 4. The van der Waals surface area contributed by atoms with Crippen LogP contribution in [0.4, 0.5) is 23.3 Å². The number of hydrogen-bond donors (Lipinski definition) is 10. The molecule has 4 aromatic heterocycles. The van der Waals surface area contributed by atoms with Gasteiger partial charge < -0.3 is 41.8 Å². The Morgan fingerprint density at radius 3 is 0.790 bits per heavy atom. The average Bonchev–Trinajstić information content (AvgIpc) is 1.42. The van der Waals surface area contributed by atoms with Crippen LogP contribution in [-0.2, 0) is 30.5 Å². The Morgan fingerprint density at radius 2 is 0.563 bits per heavy atom. The van der Waals surface area contributed by atoms with E-state index in [0.717, 1.165) is 60.5 Å². The van der Waals surface area contributed by atoms with E-state index >= 15 is 0 Å². The summed E-state index contributed by atoms with van der Waals surface area (Å²) in [6.07, 6.45) is 9.02. The zero-order valence-electron chi connectivity index (χ0n) is 64.0. The van der Waals surface area contributed by atoms with Crippen molar-refractivity contribution < 1.29 is 43.2 Å². The summed E-state index contributed by atoms with van der Waals surface area (Å²) >= 11 is 13.2. The summed E-state index contributed by atoms with van der Waals surface area (Å²) in [6, 6.07) is 69.4. The maximum absolute atomic E-state index is 12.9. The molecule has 600 valence electrons. The average molecular weight is 1850 g/mol. The minimum Gasteiger partial charge on any atom is -0.391 e. The number of nitrogens with one attached hydrogen (secondary N) is 9. The minimum atomic E-state index is -0.341. The van der Waals surface area contributed by atoms with Gasteiger partial charge in [-0.1, -0.05) is 163 Å². The molecule has 1 aliphatic heterocycles. The summed E-state index contributed by atoms with van der Waals surface area (Å²) in [5.74, 6) is 5.35. The number of aromatic nitrogens is 4. The normalized spacial score (nSPS) is 10.9. The van der Waals surface area contributed by atoms with Gasteiger partial charge in [0.15, 0.2) is 23.1 Å². The van der Waals surface area contributed by atoms with Gasteiger partial charge in [-0.05, 0) is 209 Å². The number of Topliss-reactive ketones (excluding diaryl/α,β-unsaturated/α-hetero) is 4. The molecular formula is C90H77Br4N15O10. The van der Waals surface area contributed by atoms with Crippen LogP contribution < -0.4 is 27.2 Å². The Hall–Kier alpha value is -13.3. The van der Waals surface area contributed by atoms with Crippen molar-refractivity contribution in [2.24, 2.45) is 5.90 Å². The molecule has 0 unspecified atom stereocenters. The molecule has 1 fully saturated rings. The van der Waals surface area contributed by atoms with Crippen molar-refractivity contribution in [3.05, 3.63) is 379 Å². The molecule has 5 heterocycles. The number of halogens is 4. The van der Waals surface area contributed by atoms with Gasteiger partial charge in [0, 0.05) is 149 Å². The standard InChI is InChI=1S/C25H23BrN4O2.2C22H18BrN3O2.C21H17BrN4O3.HNO/c26-20-11-12-23(28-16-20)29-25(32)21-6-2-1-5-19(21)15-22(31)17-7-9-18(10-8-17)24(27)30-13-3-4-14-30;2*1-14(24)15-6-8-16(9-7-15)20(27)12-17-4-2-3-5-19(17)22(28)26-21-11-10-18(23)13-25-21;22-16-9-10-19(25-12-16)26-21(28)17-4-2-1-3-15(17)11-18(27)13-5-7-14(8-6-13)20(23)29-24;1-2/h1-2,5-12,16,27H,3-4,13-15H2,(H,28,29,32);2*2-11,13,24H,12H2,1H3,(H,25,26,28);1-10,12,23H,11,24H2,(H,25,26,28);1H. The van der Waals surface area contributed by atoms with Crippen LogP contribution in [0.15, 0.2) is 285 Å². The highest BCUT2D eigenvalue weighted by Crippen LogP contribution is 2.24. The lowest BCUT2D eigenvalue weighted by Gasteiger charge is -2.18. The molecule has 0 spiro atoms. The van der Waals surface area contributed by atoms with Crippen LogP contribution in [0, 0.1) is 32.1 Å². The number of hydrogen-bond acceptors (Lipinski definition) is 20. The topological polar surface area (TPSA) is 411 Å². The molecule has 1 saturated heterocycles. The Labute approximate surface area is 718 Å². The Kier molecular flexibility index (Phi) is 33.7. The number of amides is 4. The first-order valence-electron chi connectivity index (χ1n) is 36.5. The summed E-state index contributed by atoms with van der Waals surface area (Å²) in [7, 11) is 0. The van der Waals surface area contributed by atoms with E-state index in [0.29, 0.717) is 113 Å². The number of carbonyl (C=O) groups excluding carboxylic acids is 8. The fourth-order valence-electron chi connectivity index (χ4n) is 11.8. The van der Waals surface area contributed by atoms with Crippen LogP contribution >= 0.6 is 63.7 Å². The first-order valence-corrected chi connectivity index (χ1v) is 39.7. The Morgan fingerprint density at radius 1 is 0.336 bits per heavy atom. The highest BCUT2D eigenvalue weighted by Gasteiger charge is 2.23. The van der Waals surface area contributed by atoms with E-state index in [1.54, 1.807) is 263 Å². The molecule has 29 heteroatoms. The number of amidine groups is 1. The molecule has 0 saturated carbocycles. The largest absolute Gasteiger partial charge is 0.391 e. The van der Waals surface area contributed by atoms with Crippen LogP contribution in [0.3, 0.4) is 0 Å². The maximum Gasteiger partial charge on any atom is 0.257 e. The van der Waals surface area contributed by atoms with Crippen molar-refractivity contribution in [3.8, 4) is 0 Å². The molecule has 8 aromatic carbocycles. The molecule has 13 rings (SSSR count). The van der Waals surface area contributed by atoms with Gasteiger partial charge in [0.1, 0.15) is 29.1 Å². The zero-order valence-corrected chi connectivity index (χ0v) is 70.3. The molecule has 25 nitrogen and oxygen atoms in total. The number of carbonyl (C=O) groups is 8. The van der Waals surface area contributed by atoms with Gasteiger partial charge in [-0.15, -0.1) is 0 Å². The summed E-state index contributed by atoms with van der Waals surface area (Å²) < 4.78 is 3.27. The van der Waals surface area contributed by atoms with E-state index in [-0.39, 0.29) is 78.3 Å². The second-order valence-electron chi connectivity index (χ2n) is 26.3. The zero-order chi connectivity index (χ0) is 85.5. The van der Waals surface area contributed by atoms with E-state index in [2.05, 4.69) is 120 Å². The van der Waals surface area contributed by atoms with E-state index < -0.39 is 0 Å². The lowest BCUT2D eigenvalue weighted by Crippen LogP contribution is -2.27. The number of rotatable bonds is 24. The second-order valence-corrected chi connectivity index (χ2v) is 30.0. The fourth-order valence-corrected chi connectivity index (χ4v) is 12.8. The van der Waals surface area contributed by atoms with Crippen molar-refractivity contribution in [3.63, 3.8) is 0 Å². The van der Waals surface area contributed by atoms with E-state index in [4.69, 9.17) is 32.4 Å². The molecule has 4 amide bonds. The Bertz CT molecular complexity index is 5500. The number of anilines is 4. The number of nitrogens with two attached hydrogens (primary N) is 1. The van der Waals surface area contributed by atoms with E-state index in [1.807, 2.05) is 18.2 Å². The van der Waals surface area contributed by atoms with Crippen molar-refractivity contribution in [1.29, 1.82) is 27.2 Å². The molecule has 0 aliphatic carbocycles. The summed E-state index contributed by atoms with van der Waals surface area (Å²) in [5.41, 5.74) is 14.6. The quantitative estimate of drug-likeness (QED) is 0.00883. The summed E-state index contributed by atoms with van der Waals surface area (Å²) in [4.78, 5) is 132. The van der Waals surface area contributed by atoms with Crippen molar-refractivity contribution in [2.45, 2.75) is 52.4 Å². The SMILES string of the molecule is CC(=N)c1ccc(C(=O)Cc2ccccc2C(=O)Nc2ccc(Br)cn2)cc1.CC(=N)c1ccc(C(=O)Cc2ccccc2C(=O)Nc2ccc(Br)cn2)cc1.N=C(ON)c1ccc(C(=O)Cc2ccccc2C(=O)Nc2ccc(Br)cn2)cc1.N=C(c1ccc(C(=O)Cc2ccccc2C(=O)Nc2ccc(Br)cn2)cc1)N1CCCC1.N=O. The van der Waals surface area contributed by atoms with Gasteiger partial charge in [-0.3, -0.25) is 49.2 Å². The smallest absolute Gasteiger partial charge is 0.257 e.